The average molecular weight is 378 g/mol. The Hall–Kier alpha value is -1.89. The Kier molecular flexibility index (Phi) is 5.13. The number of H-pyrrole nitrogens is 1. The minimum absolute atomic E-state index is 0. The van der Waals surface area contributed by atoms with Gasteiger partial charge in [-0.05, 0) is 49.6 Å². The number of sulfone groups is 1. The standard InChI is InChI=1S/C18H19N3O2S.ClH/c22-24(23,15-6-2-1-3-7-15)18-16-8-4-5-13(17(16)20-21-18)11-12-19-14-9-10-14;/h1-8,14,19H,9-12H2,(H,20,21);1H. The highest BCUT2D eigenvalue weighted by Gasteiger charge is 2.24. The van der Waals surface area contributed by atoms with Gasteiger partial charge in [-0.3, -0.25) is 5.10 Å². The molecule has 1 saturated carbocycles. The maximum Gasteiger partial charge on any atom is 0.226 e. The van der Waals surface area contributed by atoms with Gasteiger partial charge in [0.1, 0.15) is 0 Å². The van der Waals surface area contributed by atoms with E-state index in [9.17, 15) is 8.42 Å². The molecule has 7 heteroatoms. The van der Waals surface area contributed by atoms with Gasteiger partial charge in [0.25, 0.3) is 0 Å². The quantitative estimate of drug-likeness (QED) is 0.692. The SMILES string of the molecule is Cl.O=S(=O)(c1ccccc1)c1n[nH]c2c(CCNC3CC3)cccc12. The van der Waals surface area contributed by atoms with Gasteiger partial charge in [0, 0.05) is 11.4 Å². The molecule has 0 spiro atoms. The summed E-state index contributed by atoms with van der Waals surface area (Å²) < 4.78 is 25.7. The van der Waals surface area contributed by atoms with Crippen LogP contribution in [0.25, 0.3) is 10.9 Å². The Labute approximate surface area is 153 Å². The summed E-state index contributed by atoms with van der Waals surface area (Å²) in [5.41, 5.74) is 1.90. The molecule has 0 saturated heterocycles. The number of hydrogen-bond donors (Lipinski definition) is 2. The number of aromatic nitrogens is 2. The Morgan fingerprint density at radius 1 is 1.08 bits per heavy atom. The number of halogens is 1. The topological polar surface area (TPSA) is 74.8 Å². The third-order valence-electron chi connectivity index (χ3n) is 4.36. The van der Waals surface area contributed by atoms with Crippen LogP contribution in [0.5, 0.6) is 0 Å². The Morgan fingerprint density at radius 2 is 1.84 bits per heavy atom. The zero-order valence-corrected chi connectivity index (χ0v) is 15.2. The molecule has 3 aromatic rings. The van der Waals surface area contributed by atoms with Gasteiger partial charge in [-0.25, -0.2) is 8.42 Å². The summed E-state index contributed by atoms with van der Waals surface area (Å²) >= 11 is 0. The minimum atomic E-state index is -3.62. The number of rotatable bonds is 6. The average Bonchev–Trinajstić information content (AvgIpc) is 3.31. The van der Waals surface area contributed by atoms with Crippen LogP contribution in [0, 0.1) is 0 Å². The number of nitrogens with zero attached hydrogens (tertiary/aromatic N) is 1. The molecule has 1 aromatic heterocycles. The molecule has 0 atom stereocenters. The third-order valence-corrected chi connectivity index (χ3v) is 6.08. The fourth-order valence-electron chi connectivity index (χ4n) is 2.90. The first-order valence-electron chi connectivity index (χ1n) is 8.16. The molecule has 5 nitrogen and oxygen atoms in total. The molecule has 0 bridgehead atoms. The van der Waals surface area contributed by atoms with Crippen LogP contribution in [0.15, 0.2) is 58.5 Å². The van der Waals surface area contributed by atoms with E-state index in [1.807, 2.05) is 18.2 Å². The van der Waals surface area contributed by atoms with E-state index < -0.39 is 9.84 Å². The number of nitrogens with one attached hydrogen (secondary N) is 2. The lowest BCUT2D eigenvalue weighted by atomic mass is 10.1. The van der Waals surface area contributed by atoms with E-state index in [1.54, 1.807) is 30.3 Å². The van der Waals surface area contributed by atoms with Crippen molar-refractivity contribution < 1.29 is 8.42 Å². The van der Waals surface area contributed by atoms with Crippen molar-refractivity contribution in [1.82, 2.24) is 15.5 Å². The molecule has 1 heterocycles. The van der Waals surface area contributed by atoms with Crippen LogP contribution in [-0.2, 0) is 16.3 Å². The fraction of sp³-hybridized carbons (Fsp3) is 0.278. The highest BCUT2D eigenvalue weighted by molar-refractivity contribution is 7.91. The molecule has 2 N–H and O–H groups in total. The van der Waals surface area contributed by atoms with E-state index >= 15 is 0 Å². The van der Waals surface area contributed by atoms with Crippen LogP contribution in [0.4, 0.5) is 0 Å². The van der Waals surface area contributed by atoms with Gasteiger partial charge in [-0.1, -0.05) is 30.3 Å². The molecule has 25 heavy (non-hydrogen) atoms. The van der Waals surface area contributed by atoms with Crippen LogP contribution < -0.4 is 5.32 Å². The largest absolute Gasteiger partial charge is 0.314 e. The van der Waals surface area contributed by atoms with E-state index in [2.05, 4.69) is 15.5 Å². The summed E-state index contributed by atoms with van der Waals surface area (Å²) in [6.45, 7) is 0.892. The molecule has 0 radical (unpaired) electrons. The highest BCUT2D eigenvalue weighted by atomic mass is 35.5. The first kappa shape index (κ1) is 17.9. The molecule has 0 unspecified atom stereocenters. The van der Waals surface area contributed by atoms with Gasteiger partial charge >= 0.3 is 0 Å². The van der Waals surface area contributed by atoms with E-state index in [-0.39, 0.29) is 22.3 Å². The molecule has 132 valence electrons. The molecule has 4 rings (SSSR count). The van der Waals surface area contributed by atoms with Gasteiger partial charge in [0.15, 0.2) is 5.03 Å². The second kappa shape index (κ2) is 7.15. The minimum Gasteiger partial charge on any atom is -0.314 e. The van der Waals surface area contributed by atoms with Crippen molar-refractivity contribution in [2.24, 2.45) is 0 Å². The Morgan fingerprint density at radius 3 is 2.56 bits per heavy atom. The molecular weight excluding hydrogens is 358 g/mol. The van der Waals surface area contributed by atoms with Crippen LogP contribution >= 0.6 is 12.4 Å². The summed E-state index contributed by atoms with van der Waals surface area (Å²) in [5.74, 6) is 0. The second-order valence-corrected chi connectivity index (χ2v) is 8.03. The van der Waals surface area contributed by atoms with Crippen LogP contribution in [-0.4, -0.2) is 31.2 Å². The maximum absolute atomic E-state index is 12.8. The predicted molar refractivity (Wildman–Crippen MR) is 100.0 cm³/mol. The van der Waals surface area contributed by atoms with Gasteiger partial charge in [0.05, 0.1) is 10.4 Å². The van der Waals surface area contributed by atoms with Crippen molar-refractivity contribution in [2.75, 3.05) is 6.54 Å². The van der Waals surface area contributed by atoms with Crippen LogP contribution in [0.3, 0.4) is 0 Å². The first-order chi connectivity index (χ1) is 11.7. The monoisotopic (exact) mass is 377 g/mol. The molecule has 0 aliphatic heterocycles. The summed E-state index contributed by atoms with van der Waals surface area (Å²) in [6.07, 6.45) is 3.36. The zero-order valence-electron chi connectivity index (χ0n) is 13.6. The maximum atomic E-state index is 12.8. The molecule has 1 aliphatic rings. The van der Waals surface area contributed by atoms with Crippen molar-refractivity contribution in [1.29, 1.82) is 0 Å². The Bertz CT molecular complexity index is 966. The summed E-state index contributed by atoms with van der Waals surface area (Å²) in [4.78, 5) is 0.263. The van der Waals surface area contributed by atoms with Crippen molar-refractivity contribution in [3.8, 4) is 0 Å². The van der Waals surface area contributed by atoms with Crippen molar-refractivity contribution in [3.05, 3.63) is 54.1 Å². The van der Waals surface area contributed by atoms with Crippen LogP contribution in [0.2, 0.25) is 0 Å². The van der Waals surface area contributed by atoms with E-state index in [0.29, 0.717) is 11.4 Å². The molecule has 2 aromatic carbocycles. The van der Waals surface area contributed by atoms with Crippen molar-refractivity contribution >= 4 is 33.1 Å². The molecular formula is C18H20ClN3O2S. The molecule has 0 amide bonds. The number of aromatic amines is 1. The summed E-state index contributed by atoms with van der Waals surface area (Å²) in [6, 6.07) is 14.8. The van der Waals surface area contributed by atoms with E-state index in [1.165, 1.54) is 12.8 Å². The van der Waals surface area contributed by atoms with Gasteiger partial charge in [0.2, 0.25) is 9.84 Å². The second-order valence-electron chi connectivity index (χ2n) is 6.16. The lowest BCUT2D eigenvalue weighted by Gasteiger charge is -2.05. The third kappa shape index (κ3) is 3.56. The lowest BCUT2D eigenvalue weighted by molar-refractivity contribution is 0.593. The lowest BCUT2D eigenvalue weighted by Crippen LogP contribution is -2.19. The number of hydrogen-bond acceptors (Lipinski definition) is 4. The summed E-state index contributed by atoms with van der Waals surface area (Å²) in [5, 5.41) is 11.3. The zero-order chi connectivity index (χ0) is 16.6. The number of benzene rings is 2. The predicted octanol–water partition coefficient (Wildman–Crippen LogP) is 3.11. The number of fused-ring (bicyclic) bond motifs is 1. The van der Waals surface area contributed by atoms with Gasteiger partial charge in [-0.2, -0.15) is 5.10 Å². The van der Waals surface area contributed by atoms with Gasteiger partial charge < -0.3 is 5.32 Å². The highest BCUT2D eigenvalue weighted by Crippen LogP contribution is 2.28. The van der Waals surface area contributed by atoms with Gasteiger partial charge in [-0.15, -0.1) is 12.4 Å². The smallest absolute Gasteiger partial charge is 0.226 e. The normalized spacial score (nSPS) is 14.4. The molecule has 1 aliphatic carbocycles. The van der Waals surface area contributed by atoms with E-state index in [0.717, 1.165) is 24.0 Å². The van der Waals surface area contributed by atoms with Crippen molar-refractivity contribution in [3.63, 3.8) is 0 Å². The van der Waals surface area contributed by atoms with E-state index in [4.69, 9.17) is 0 Å². The fourth-order valence-corrected chi connectivity index (χ4v) is 4.26. The summed E-state index contributed by atoms with van der Waals surface area (Å²) in [7, 11) is -3.62. The Balaban J connectivity index is 0.00000182. The molecule has 1 fully saturated rings. The van der Waals surface area contributed by atoms with Crippen LogP contribution in [0.1, 0.15) is 18.4 Å². The van der Waals surface area contributed by atoms with Crippen molar-refractivity contribution in [2.45, 2.75) is 35.2 Å². The number of para-hydroxylation sites is 1. The first-order valence-corrected chi connectivity index (χ1v) is 9.64.